The van der Waals surface area contributed by atoms with E-state index in [1.807, 2.05) is 18.2 Å². The van der Waals surface area contributed by atoms with Crippen molar-refractivity contribution in [3.63, 3.8) is 0 Å². The van der Waals surface area contributed by atoms with E-state index in [0.717, 1.165) is 31.1 Å². The topological polar surface area (TPSA) is 17.1 Å². The van der Waals surface area contributed by atoms with Crippen LogP contribution in [0, 0.1) is 17.7 Å². The Morgan fingerprint density at radius 1 is 1.14 bits per heavy atom. The van der Waals surface area contributed by atoms with Gasteiger partial charge in [-0.1, -0.05) is 50.5 Å². The number of ketones is 1. The van der Waals surface area contributed by atoms with Crippen molar-refractivity contribution in [2.24, 2.45) is 11.8 Å². The molecule has 0 heterocycles. The molecule has 110 valence electrons. The van der Waals surface area contributed by atoms with Crippen molar-refractivity contribution in [1.29, 1.82) is 0 Å². The lowest BCUT2D eigenvalue weighted by atomic mass is 9.76. The third kappa shape index (κ3) is 2.72. The summed E-state index contributed by atoms with van der Waals surface area (Å²) in [4.78, 5) is 12.9. The van der Waals surface area contributed by atoms with Crippen molar-refractivity contribution in [3.05, 3.63) is 47.8 Å². The molecule has 0 N–H and O–H groups in total. The summed E-state index contributed by atoms with van der Waals surface area (Å²) in [7, 11) is 0. The first-order chi connectivity index (χ1) is 10.2. The van der Waals surface area contributed by atoms with E-state index in [1.165, 1.54) is 12.5 Å². The third-order valence-corrected chi connectivity index (χ3v) is 4.87. The second kappa shape index (κ2) is 5.97. The molecule has 0 spiro atoms. The molecular weight excluding hydrogens is 263 g/mol. The van der Waals surface area contributed by atoms with Gasteiger partial charge in [0.2, 0.25) is 0 Å². The van der Waals surface area contributed by atoms with Gasteiger partial charge in [-0.25, -0.2) is 4.39 Å². The van der Waals surface area contributed by atoms with Crippen LogP contribution in [0.2, 0.25) is 0 Å². The van der Waals surface area contributed by atoms with Gasteiger partial charge in [-0.05, 0) is 36.3 Å². The molecule has 1 fully saturated rings. The number of hydrogen-bond donors (Lipinski definition) is 0. The van der Waals surface area contributed by atoms with E-state index in [0.29, 0.717) is 16.9 Å². The molecule has 1 aliphatic carbocycles. The molecule has 2 unspecified atom stereocenters. The van der Waals surface area contributed by atoms with Crippen LogP contribution in [0.25, 0.3) is 10.8 Å². The monoisotopic (exact) mass is 284 g/mol. The summed E-state index contributed by atoms with van der Waals surface area (Å²) in [5.74, 6) is 0.721. The van der Waals surface area contributed by atoms with Gasteiger partial charge in [0, 0.05) is 16.9 Å². The molecule has 1 aliphatic rings. The number of Topliss-reactive ketones (excluding diaryl/α,β-unsaturated/α-hetero) is 1. The first kappa shape index (κ1) is 14.2. The Hall–Kier alpha value is -1.70. The standard InChI is InChI=1S/C19H21FO/c1-2-13-6-5-7-14(12-13)19(21)17-10-11-18(20)16-9-4-3-8-15(16)17/h3-4,8-11,13-14H,2,5-7,12H2,1H3. The SMILES string of the molecule is CCC1CCCC(C(=O)c2ccc(F)c3ccccc23)C1. The van der Waals surface area contributed by atoms with Gasteiger partial charge in [0.25, 0.3) is 0 Å². The maximum atomic E-state index is 13.9. The highest BCUT2D eigenvalue weighted by molar-refractivity contribution is 6.09. The van der Waals surface area contributed by atoms with Crippen LogP contribution in [0.3, 0.4) is 0 Å². The Bertz CT molecular complexity index is 662. The first-order valence-electron chi connectivity index (χ1n) is 7.92. The highest BCUT2D eigenvalue weighted by Gasteiger charge is 2.28. The minimum Gasteiger partial charge on any atom is -0.294 e. The number of fused-ring (bicyclic) bond motifs is 1. The zero-order valence-corrected chi connectivity index (χ0v) is 12.4. The van der Waals surface area contributed by atoms with E-state index in [-0.39, 0.29) is 17.5 Å². The van der Waals surface area contributed by atoms with Crippen LogP contribution in [0.5, 0.6) is 0 Å². The predicted molar refractivity (Wildman–Crippen MR) is 84.0 cm³/mol. The second-order valence-corrected chi connectivity index (χ2v) is 6.14. The van der Waals surface area contributed by atoms with Crippen LogP contribution >= 0.6 is 0 Å². The number of carbonyl (C=O) groups is 1. The molecule has 1 nitrogen and oxygen atoms in total. The lowest BCUT2D eigenvalue weighted by Gasteiger charge is -2.27. The number of hydrogen-bond acceptors (Lipinski definition) is 1. The minimum absolute atomic E-state index is 0.109. The predicted octanol–water partition coefficient (Wildman–Crippen LogP) is 5.38. The Balaban J connectivity index is 1.96. The quantitative estimate of drug-likeness (QED) is 0.692. The van der Waals surface area contributed by atoms with Crippen LogP contribution in [0.15, 0.2) is 36.4 Å². The van der Waals surface area contributed by atoms with Crippen molar-refractivity contribution in [1.82, 2.24) is 0 Å². The summed E-state index contributed by atoms with van der Waals surface area (Å²) < 4.78 is 13.9. The van der Waals surface area contributed by atoms with Gasteiger partial charge >= 0.3 is 0 Å². The summed E-state index contributed by atoms with van der Waals surface area (Å²) in [5, 5.41) is 1.30. The molecular formula is C19H21FO. The van der Waals surface area contributed by atoms with E-state index in [2.05, 4.69) is 6.92 Å². The fraction of sp³-hybridized carbons (Fsp3) is 0.421. The van der Waals surface area contributed by atoms with E-state index in [4.69, 9.17) is 0 Å². The fourth-order valence-electron chi connectivity index (χ4n) is 3.60. The van der Waals surface area contributed by atoms with Gasteiger partial charge in [0.15, 0.2) is 5.78 Å². The molecule has 0 aliphatic heterocycles. The van der Waals surface area contributed by atoms with E-state index in [1.54, 1.807) is 12.1 Å². The van der Waals surface area contributed by atoms with Gasteiger partial charge in [-0.2, -0.15) is 0 Å². The Kier molecular flexibility index (Phi) is 4.05. The fourth-order valence-corrected chi connectivity index (χ4v) is 3.60. The van der Waals surface area contributed by atoms with Gasteiger partial charge < -0.3 is 0 Å². The lowest BCUT2D eigenvalue weighted by Crippen LogP contribution is -2.23. The molecule has 2 aromatic rings. The van der Waals surface area contributed by atoms with Crippen LogP contribution in [0.4, 0.5) is 4.39 Å². The average molecular weight is 284 g/mol. The highest BCUT2D eigenvalue weighted by Crippen LogP contribution is 2.34. The number of carbonyl (C=O) groups excluding carboxylic acids is 1. The van der Waals surface area contributed by atoms with Crippen molar-refractivity contribution >= 4 is 16.6 Å². The van der Waals surface area contributed by atoms with Crippen LogP contribution < -0.4 is 0 Å². The summed E-state index contributed by atoms with van der Waals surface area (Å²) in [5.41, 5.74) is 0.689. The molecule has 3 rings (SSSR count). The first-order valence-corrected chi connectivity index (χ1v) is 7.92. The molecule has 1 saturated carbocycles. The van der Waals surface area contributed by atoms with Crippen molar-refractivity contribution in [3.8, 4) is 0 Å². The normalized spacial score (nSPS) is 22.4. The zero-order valence-electron chi connectivity index (χ0n) is 12.4. The maximum Gasteiger partial charge on any atom is 0.166 e. The molecule has 2 atom stereocenters. The van der Waals surface area contributed by atoms with Gasteiger partial charge in [-0.3, -0.25) is 4.79 Å². The molecule has 2 heteroatoms. The van der Waals surface area contributed by atoms with E-state index >= 15 is 0 Å². The minimum atomic E-state index is -0.253. The van der Waals surface area contributed by atoms with Crippen LogP contribution in [-0.2, 0) is 0 Å². The molecule has 0 saturated heterocycles. The summed E-state index contributed by atoms with van der Waals surface area (Å²) in [6.07, 6.45) is 5.48. The highest BCUT2D eigenvalue weighted by atomic mass is 19.1. The smallest absolute Gasteiger partial charge is 0.166 e. The Labute approximate surface area is 125 Å². The molecule has 0 bridgehead atoms. The van der Waals surface area contributed by atoms with E-state index in [9.17, 15) is 9.18 Å². The van der Waals surface area contributed by atoms with Crippen LogP contribution in [-0.4, -0.2) is 5.78 Å². The van der Waals surface area contributed by atoms with Gasteiger partial charge in [0.1, 0.15) is 5.82 Å². The van der Waals surface area contributed by atoms with Crippen molar-refractivity contribution < 1.29 is 9.18 Å². The number of rotatable bonds is 3. The Morgan fingerprint density at radius 2 is 1.90 bits per heavy atom. The van der Waals surface area contributed by atoms with Crippen LogP contribution in [0.1, 0.15) is 49.4 Å². The summed E-state index contributed by atoms with van der Waals surface area (Å²) >= 11 is 0. The van der Waals surface area contributed by atoms with Crippen molar-refractivity contribution in [2.45, 2.75) is 39.0 Å². The summed E-state index contributed by atoms with van der Waals surface area (Å²) in [6, 6.07) is 10.4. The number of benzene rings is 2. The molecule has 0 amide bonds. The van der Waals surface area contributed by atoms with E-state index < -0.39 is 0 Å². The third-order valence-electron chi connectivity index (χ3n) is 4.87. The maximum absolute atomic E-state index is 13.9. The van der Waals surface area contributed by atoms with Gasteiger partial charge in [-0.15, -0.1) is 0 Å². The lowest BCUT2D eigenvalue weighted by molar-refractivity contribution is 0.0864. The largest absolute Gasteiger partial charge is 0.294 e. The average Bonchev–Trinajstić information content (AvgIpc) is 2.55. The number of halogens is 1. The van der Waals surface area contributed by atoms with Crippen molar-refractivity contribution in [2.75, 3.05) is 0 Å². The van der Waals surface area contributed by atoms with Gasteiger partial charge in [0.05, 0.1) is 0 Å². The molecule has 21 heavy (non-hydrogen) atoms. The molecule has 0 radical (unpaired) electrons. The molecule has 0 aromatic heterocycles. The molecule has 2 aromatic carbocycles. The zero-order chi connectivity index (χ0) is 14.8. The summed E-state index contributed by atoms with van der Waals surface area (Å²) in [6.45, 7) is 2.20. The Morgan fingerprint density at radius 3 is 2.67 bits per heavy atom. The second-order valence-electron chi connectivity index (χ2n) is 6.14.